The highest BCUT2D eigenvalue weighted by atomic mass is 35.5. The van der Waals surface area contributed by atoms with E-state index in [4.69, 9.17) is 11.6 Å². The molecule has 0 aliphatic carbocycles. The van der Waals surface area contributed by atoms with E-state index < -0.39 is 0 Å². The normalized spacial score (nSPS) is 10.3. The van der Waals surface area contributed by atoms with Crippen molar-refractivity contribution in [2.75, 3.05) is 29.6 Å². The van der Waals surface area contributed by atoms with Crippen molar-refractivity contribution in [2.45, 2.75) is 6.54 Å². The zero-order chi connectivity index (χ0) is 19.2. The predicted octanol–water partition coefficient (Wildman–Crippen LogP) is 4.06. The number of aromatic nitrogens is 2. The van der Waals surface area contributed by atoms with Gasteiger partial charge in [-0.25, -0.2) is 9.97 Å². The lowest BCUT2D eigenvalue weighted by Gasteiger charge is -2.13. The Kier molecular flexibility index (Phi) is 5.88. The minimum Gasteiger partial charge on any atom is -0.378 e. The SMILES string of the molecule is CN(C)c1ccc(NC(=O)c2cnc(NCc3ccccc3Cl)nc2)cc1. The first-order valence-corrected chi connectivity index (χ1v) is 8.79. The van der Waals surface area contributed by atoms with Gasteiger partial charge in [-0.15, -0.1) is 0 Å². The third kappa shape index (κ3) is 4.95. The van der Waals surface area contributed by atoms with Gasteiger partial charge in [0.1, 0.15) is 0 Å². The van der Waals surface area contributed by atoms with Gasteiger partial charge in [0.15, 0.2) is 0 Å². The first-order chi connectivity index (χ1) is 13.0. The summed E-state index contributed by atoms with van der Waals surface area (Å²) in [6.45, 7) is 0.503. The van der Waals surface area contributed by atoms with Gasteiger partial charge in [0.05, 0.1) is 5.56 Å². The van der Waals surface area contributed by atoms with Gasteiger partial charge in [0.2, 0.25) is 5.95 Å². The number of hydrogen-bond acceptors (Lipinski definition) is 5. The molecule has 3 aromatic rings. The number of anilines is 3. The molecule has 0 aliphatic rings. The fraction of sp³-hybridized carbons (Fsp3) is 0.150. The van der Waals surface area contributed by atoms with Gasteiger partial charge in [-0.1, -0.05) is 29.8 Å². The first kappa shape index (κ1) is 18.7. The molecule has 0 saturated heterocycles. The standard InChI is InChI=1S/C20H20ClN5O/c1-26(2)17-9-7-16(8-10-17)25-19(27)15-12-23-20(24-13-15)22-11-14-5-3-4-6-18(14)21/h3-10,12-13H,11H2,1-2H3,(H,25,27)(H,22,23,24). The summed E-state index contributed by atoms with van der Waals surface area (Å²) in [7, 11) is 3.93. The van der Waals surface area contributed by atoms with Crippen LogP contribution in [-0.4, -0.2) is 30.0 Å². The van der Waals surface area contributed by atoms with Gasteiger partial charge in [-0.05, 0) is 35.9 Å². The lowest BCUT2D eigenvalue weighted by Crippen LogP contribution is -2.14. The molecule has 3 rings (SSSR count). The van der Waals surface area contributed by atoms with Crippen LogP contribution in [-0.2, 0) is 6.54 Å². The highest BCUT2D eigenvalue weighted by Gasteiger charge is 2.08. The Bertz CT molecular complexity index is 910. The number of rotatable bonds is 6. The molecule has 0 aliphatic heterocycles. The van der Waals surface area contributed by atoms with Crippen molar-refractivity contribution in [3.63, 3.8) is 0 Å². The topological polar surface area (TPSA) is 70.2 Å². The van der Waals surface area contributed by atoms with E-state index in [-0.39, 0.29) is 5.91 Å². The summed E-state index contributed by atoms with van der Waals surface area (Å²) in [5.74, 6) is 0.173. The molecular weight excluding hydrogens is 362 g/mol. The van der Waals surface area contributed by atoms with E-state index in [2.05, 4.69) is 20.6 Å². The van der Waals surface area contributed by atoms with Crippen LogP contribution in [0.4, 0.5) is 17.3 Å². The van der Waals surface area contributed by atoms with Crippen LogP contribution in [0.3, 0.4) is 0 Å². The van der Waals surface area contributed by atoms with Gasteiger partial charge in [-0.2, -0.15) is 0 Å². The molecule has 7 heteroatoms. The van der Waals surface area contributed by atoms with E-state index in [9.17, 15) is 4.79 Å². The van der Waals surface area contributed by atoms with Crippen molar-refractivity contribution in [1.82, 2.24) is 9.97 Å². The van der Waals surface area contributed by atoms with Crippen molar-refractivity contribution in [3.05, 3.63) is 77.1 Å². The van der Waals surface area contributed by atoms with E-state index in [1.807, 2.05) is 67.5 Å². The summed E-state index contributed by atoms with van der Waals surface area (Å²) in [6, 6.07) is 15.1. The van der Waals surface area contributed by atoms with Gasteiger partial charge < -0.3 is 15.5 Å². The van der Waals surface area contributed by atoms with Crippen LogP contribution < -0.4 is 15.5 Å². The minimum absolute atomic E-state index is 0.259. The lowest BCUT2D eigenvalue weighted by atomic mass is 10.2. The summed E-state index contributed by atoms with van der Waals surface area (Å²) < 4.78 is 0. The number of nitrogens with zero attached hydrogens (tertiary/aromatic N) is 3. The second kappa shape index (κ2) is 8.51. The summed E-state index contributed by atoms with van der Waals surface area (Å²) in [5, 5.41) is 6.61. The maximum atomic E-state index is 12.3. The molecule has 1 heterocycles. The molecule has 0 unspecified atom stereocenters. The summed E-state index contributed by atoms with van der Waals surface area (Å²) in [6.07, 6.45) is 2.98. The molecule has 1 amide bonds. The molecule has 2 N–H and O–H groups in total. The molecule has 6 nitrogen and oxygen atoms in total. The molecule has 0 bridgehead atoms. The fourth-order valence-electron chi connectivity index (χ4n) is 2.40. The lowest BCUT2D eigenvalue weighted by molar-refractivity contribution is 0.102. The van der Waals surface area contributed by atoms with Crippen molar-refractivity contribution < 1.29 is 4.79 Å². The van der Waals surface area contributed by atoms with Crippen molar-refractivity contribution in [3.8, 4) is 0 Å². The van der Waals surface area contributed by atoms with Crippen molar-refractivity contribution in [2.24, 2.45) is 0 Å². The van der Waals surface area contributed by atoms with E-state index in [1.54, 1.807) is 0 Å². The Morgan fingerprint density at radius 3 is 2.33 bits per heavy atom. The van der Waals surface area contributed by atoms with Gasteiger partial charge in [0.25, 0.3) is 5.91 Å². The zero-order valence-corrected chi connectivity index (χ0v) is 15.9. The summed E-state index contributed by atoms with van der Waals surface area (Å²) in [5.41, 5.74) is 3.11. The Labute approximate surface area is 163 Å². The molecule has 1 aromatic heterocycles. The second-order valence-corrected chi connectivity index (χ2v) is 6.54. The smallest absolute Gasteiger partial charge is 0.258 e. The quantitative estimate of drug-likeness (QED) is 0.673. The highest BCUT2D eigenvalue weighted by molar-refractivity contribution is 6.31. The van der Waals surface area contributed by atoms with Crippen LogP contribution in [0.5, 0.6) is 0 Å². The maximum Gasteiger partial charge on any atom is 0.258 e. The Morgan fingerprint density at radius 1 is 1.04 bits per heavy atom. The van der Waals surface area contributed by atoms with Crippen LogP contribution in [0.1, 0.15) is 15.9 Å². The first-order valence-electron chi connectivity index (χ1n) is 8.41. The second-order valence-electron chi connectivity index (χ2n) is 6.14. The zero-order valence-electron chi connectivity index (χ0n) is 15.1. The number of benzene rings is 2. The van der Waals surface area contributed by atoms with Gasteiger partial charge >= 0.3 is 0 Å². The Balaban J connectivity index is 1.59. The highest BCUT2D eigenvalue weighted by Crippen LogP contribution is 2.17. The number of amides is 1. The van der Waals surface area contributed by atoms with E-state index >= 15 is 0 Å². The number of halogens is 1. The molecule has 0 fully saturated rings. The van der Waals surface area contributed by atoms with E-state index in [0.29, 0.717) is 28.8 Å². The van der Waals surface area contributed by atoms with Crippen LogP contribution in [0.25, 0.3) is 0 Å². The summed E-state index contributed by atoms with van der Waals surface area (Å²) >= 11 is 6.12. The number of carbonyl (C=O) groups excluding carboxylic acids is 1. The van der Waals surface area contributed by atoms with E-state index in [0.717, 1.165) is 11.3 Å². The Hall–Kier alpha value is -3.12. The van der Waals surface area contributed by atoms with Crippen LogP contribution in [0.15, 0.2) is 60.9 Å². The molecule has 2 aromatic carbocycles. The molecule has 0 radical (unpaired) electrons. The molecule has 0 atom stereocenters. The fourth-order valence-corrected chi connectivity index (χ4v) is 2.60. The molecule has 138 valence electrons. The number of carbonyl (C=O) groups is 1. The monoisotopic (exact) mass is 381 g/mol. The van der Waals surface area contributed by atoms with Gasteiger partial charge in [0, 0.05) is 49.4 Å². The van der Waals surface area contributed by atoms with Gasteiger partial charge in [-0.3, -0.25) is 4.79 Å². The molecule has 27 heavy (non-hydrogen) atoms. The van der Waals surface area contributed by atoms with Crippen LogP contribution in [0.2, 0.25) is 5.02 Å². The third-order valence-electron chi connectivity index (χ3n) is 3.95. The maximum absolute atomic E-state index is 12.3. The molecule has 0 saturated carbocycles. The van der Waals surface area contributed by atoms with Crippen molar-refractivity contribution in [1.29, 1.82) is 0 Å². The molecule has 0 spiro atoms. The van der Waals surface area contributed by atoms with Crippen LogP contribution in [0, 0.1) is 0 Å². The van der Waals surface area contributed by atoms with Crippen molar-refractivity contribution >= 4 is 34.8 Å². The third-order valence-corrected chi connectivity index (χ3v) is 4.32. The minimum atomic E-state index is -0.259. The van der Waals surface area contributed by atoms with Crippen LogP contribution >= 0.6 is 11.6 Å². The Morgan fingerprint density at radius 2 is 1.70 bits per heavy atom. The average molecular weight is 382 g/mol. The number of nitrogens with one attached hydrogen (secondary N) is 2. The summed E-state index contributed by atoms with van der Waals surface area (Å²) in [4.78, 5) is 22.7. The molecular formula is C20H20ClN5O. The number of hydrogen-bond donors (Lipinski definition) is 2. The van der Waals surface area contributed by atoms with E-state index in [1.165, 1.54) is 12.4 Å². The largest absolute Gasteiger partial charge is 0.378 e. The average Bonchev–Trinajstić information content (AvgIpc) is 2.68. The predicted molar refractivity (Wildman–Crippen MR) is 110 cm³/mol.